The van der Waals surface area contributed by atoms with Gasteiger partial charge in [0, 0.05) is 52.4 Å². The standard InChI is InChI=1S/C65H45N7O/c1-43-30-34-47(35-31-43)63-67-64(48-36-32-44(2)33-37-48)69-65(68-63)55-40-54-53-23-9-10-26-56(53)72(61-29-13-14-38-66-61)59(54)41-60(55)73-50-22-15-21-49(39-50)70-42-71(58-28-12-11-27-57(58)70)62-51(45-17-5-3-6-18-45)24-16-25-52(62)46-19-7-4-8-20-46/h3-41H,1-2H3/q+2/i3D,4D,5D,6D,7D,8D,17D,18D,19D,20D. The summed E-state index contributed by atoms with van der Waals surface area (Å²) in [5.74, 6) is 2.84. The van der Waals surface area contributed by atoms with Crippen LogP contribution in [0.2, 0.25) is 0 Å². The van der Waals surface area contributed by atoms with Gasteiger partial charge >= 0.3 is 6.01 Å². The molecule has 0 bridgehead atoms. The Morgan fingerprint density at radius 3 is 1.71 bits per heavy atom. The summed E-state index contributed by atoms with van der Waals surface area (Å²) in [4.78, 5) is 20.2. The van der Waals surface area contributed by atoms with Crippen LogP contribution < -0.4 is 13.9 Å². The molecule has 0 fully saturated rings. The van der Waals surface area contributed by atoms with Crippen molar-refractivity contribution in [1.82, 2.24) is 33.7 Å². The van der Waals surface area contributed by atoms with E-state index in [1.54, 1.807) is 33.5 Å². The maximum Gasteiger partial charge on any atom is 0.503 e. The van der Waals surface area contributed by atoms with Gasteiger partial charge in [0.05, 0.1) is 47.5 Å². The molecule has 0 saturated carbocycles. The summed E-state index contributed by atoms with van der Waals surface area (Å²) >= 11 is 0. The average Bonchev–Trinajstić information content (AvgIpc) is 2.27. The third kappa shape index (κ3) is 7.94. The van der Waals surface area contributed by atoms with Crippen molar-refractivity contribution in [3.63, 3.8) is 0 Å². The van der Waals surface area contributed by atoms with E-state index in [2.05, 4.69) is 28.8 Å². The summed E-state index contributed by atoms with van der Waals surface area (Å²) < 4.78 is 101. The van der Waals surface area contributed by atoms with Crippen LogP contribution in [0.5, 0.6) is 11.5 Å². The van der Waals surface area contributed by atoms with E-state index in [0.29, 0.717) is 57.4 Å². The first-order valence-corrected chi connectivity index (χ1v) is 23.6. The lowest BCUT2D eigenvalue weighted by Crippen LogP contribution is -2.04. The van der Waals surface area contributed by atoms with E-state index in [4.69, 9.17) is 38.4 Å². The molecule has 8 heteroatoms. The number of fused-ring (bicyclic) bond motifs is 4. The van der Waals surface area contributed by atoms with Gasteiger partial charge in [-0.2, -0.15) is 0 Å². The van der Waals surface area contributed by atoms with Crippen LogP contribution in [-0.4, -0.2) is 30.5 Å². The Morgan fingerprint density at radius 1 is 0.479 bits per heavy atom. The number of para-hydroxylation sites is 4. The van der Waals surface area contributed by atoms with Gasteiger partial charge in [-0.25, -0.2) is 19.9 Å². The number of hydrogen-bond donors (Lipinski definition) is 0. The van der Waals surface area contributed by atoms with Gasteiger partial charge in [-0.3, -0.25) is 4.57 Å². The number of aromatic nitrogens is 5. The summed E-state index contributed by atoms with van der Waals surface area (Å²) in [6, 6.07) is 51.6. The lowest BCUT2D eigenvalue weighted by Gasteiger charge is -2.14. The number of nitrogens with zero attached hydrogens (tertiary/aromatic N) is 7. The Balaban J connectivity index is 1.04. The van der Waals surface area contributed by atoms with E-state index < -0.39 is 60.4 Å². The van der Waals surface area contributed by atoms with E-state index in [1.165, 1.54) is 0 Å². The molecule has 0 aliphatic carbocycles. The second kappa shape index (κ2) is 18.1. The highest BCUT2D eigenvalue weighted by atomic mass is 16.5. The quantitative estimate of drug-likeness (QED) is 0.128. The third-order valence-corrected chi connectivity index (χ3v) is 12.8. The molecule has 0 saturated heterocycles. The molecule has 0 atom stereocenters. The lowest BCUT2D eigenvalue weighted by molar-refractivity contribution is 0.484. The first kappa shape index (κ1) is 33.6. The molecule has 12 aromatic rings. The predicted octanol–water partition coefficient (Wildman–Crippen LogP) is 16.0. The van der Waals surface area contributed by atoms with E-state index in [9.17, 15) is 0 Å². The monoisotopic (exact) mass is 949 g/mol. The first-order valence-electron chi connectivity index (χ1n) is 28.6. The highest BCUT2D eigenvalue weighted by Gasteiger charge is 2.39. The van der Waals surface area contributed by atoms with Gasteiger partial charge in [0.15, 0.2) is 17.5 Å². The Morgan fingerprint density at radius 2 is 1.07 bits per heavy atom. The fraction of sp³-hybridized carbons (Fsp3) is 0.0308. The SMILES string of the molecule is [2H]c1c([2H])c([2H])c(-c2cccc(-c3c([2H])c([2H])c([2H])c([2H])c3[2H])c2[N+]2=C=[N+](c3cccc(Oc4cc5c(cc4-c4nc(-c6ccc(C)cc6)nc(-c6ccc(C)cc6)n4)c4ccccc4n5-c4ccccn4)c3)c3ccccc32)c([2H])c1[2H]. The summed E-state index contributed by atoms with van der Waals surface area (Å²) in [6.07, 6.45) is 1.76. The molecule has 4 heterocycles. The topological polar surface area (TPSA) is 71.7 Å². The molecule has 13 rings (SSSR count). The summed E-state index contributed by atoms with van der Waals surface area (Å²) in [6.45, 7) is 4.06. The minimum absolute atomic E-state index is 0.132. The summed E-state index contributed by atoms with van der Waals surface area (Å²) in [5.41, 5.74) is 7.90. The number of ether oxygens (including phenoxy) is 1. The highest BCUT2D eigenvalue weighted by molar-refractivity contribution is 6.11. The molecule has 0 amide bonds. The van der Waals surface area contributed by atoms with Gasteiger partial charge in [-0.05, 0) is 76.6 Å². The van der Waals surface area contributed by atoms with Crippen molar-refractivity contribution in [2.45, 2.75) is 13.8 Å². The second-order valence-electron chi connectivity index (χ2n) is 17.5. The largest absolute Gasteiger partial charge is 0.503 e. The number of pyridine rings is 1. The van der Waals surface area contributed by atoms with Gasteiger partial charge in [-0.15, -0.1) is 0 Å². The molecule has 344 valence electrons. The summed E-state index contributed by atoms with van der Waals surface area (Å²) in [5, 5.41) is 1.88. The summed E-state index contributed by atoms with van der Waals surface area (Å²) in [7, 11) is 0. The molecule has 8 nitrogen and oxygen atoms in total. The molecule has 9 aromatic carbocycles. The smallest absolute Gasteiger partial charge is 0.456 e. The number of rotatable bonds is 10. The van der Waals surface area contributed by atoms with Crippen LogP contribution in [0.3, 0.4) is 0 Å². The highest BCUT2D eigenvalue weighted by Crippen LogP contribution is 2.46. The van der Waals surface area contributed by atoms with Crippen LogP contribution in [-0.2, 0) is 0 Å². The van der Waals surface area contributed by atoms with E-state index in [0.717, 1.165) is 44.1 Å². The molecule has 1 aliphatic heterocycles. The van der Waals surface area contributed by atoms with Crippen molar-refractivity contribution in [3.05, 3.63) is 248 Å². The zero-order chi connectivity index (χ0) is 57.5. The minimum Gasteiger partial charge on any atom is -0.456 e. The first-order chi connectivity index (χ1) is 40.1. The maximum absolute atomic E-state index is 9.13. The van der Waals surface area contributed by atoms with Crippen LogP contribution in [0.1, 0.15) is 24.8 Å². The van der Waals surface area contributed by atoms with Crippen molar-refractivity contribution in [3.8, 4) is 73.7 Å². The van der Waals surface area contributed by atoms with Crippen molar-refractivity contribution in [1.29, 1.82) is 0 Å². The zero-order valence-corrected chi connectivity index (χ0v) is 39.3. The van der Waals surface area contributed by atoms with Gasteiger partial charge in [-0.1, -0.05) is 169 Å². The van der Waals surface area contributed by atoms with E-state index >= 15 is 0 Å². The second-order valence-corrected chi connectivity index (χ2v) is 17.5. The Hall–Kier alpha value is -9.88. The van der Waals surface area contributed by atoms with Crippen LogP contribution in [0.4, 0.5) is 22.7 Å². The van der Waals surface area contributed by atoms with E-state index in [1.807, 2.05) is 147 Å². The molecular weight excluding hydrogens is 895 g/mol. The third-order valence-electron chi connectivity index (χ3n) is 12.8. The molecule has 73 heavy (non-hydrogen) atoms. The predicted molar refractivity (Wildman–Crippen MR) is 296 cm³/mol. The molecule has 1 aliphatic rings. The molecule has 0 radical (unpaired) electrons. The molecule has 0 N–H and O–H groups in total. The Labute approximate surface area is 436 Å². The number of hydrogen-bond acceptors (Lipinski definition) is 5. The number of benzene rings is 9. The van der Waals surface area contributed by atoms with Crippen molar-refractivity contribution >= 4 is 50.6 Å². The fourth-order valence-electron chi connectivity index (χ4n) is 9.34. The molecular formula is C65H45N7O+2. The zero-order valence-electron chi connectivity index (χ0n) is 49.3. The molecule has 0 spiro atoms. The van der Waals surface area contributed by atoms with Gasteiger partial charge < -0.3 is 4.74 Å². The average molecular weight is 950 g/mol. The van der Waals surface area contributed by atoms with Crippen LogP contribution >= 0.6 is 0 Å². The van der Waals surface area contributed by atoms with Crippen molar-refractivity contribution in [2.24, 2.45) is 0 Å². The van der Waals surface area contributed by atoms with Crippen molar-refractivity contribution in [2.75, 3.05) is 0 Å². The maximum atomic E-state index is 9.13. The van der Waals surface area contributed by atoms with E-state index in [-0.39, 0.29) is 27.9 Å². The molecule has 0 unspecified atom stereocenters. The minimum atomic E-state index is -0.583. The normalized spacial score (nSPS) is 13.8. The van der Waals surface area contributed by atoms with Crippen molar-refractivity contribution < 1.29 is 18.4 Å². The number of aryl methyl sites for hydroxylation is 2. The molecule has 3 aromatic heterocycles. The van der Waals surface area contributed by atoms with Crippen LogP contribution in [0.25, 0.3) is 84.0 Å². The fourth-order valence-corrected chi connectivity index (χ4v) is 9.34. The van der Waals surface area contributed by atoms with Gasteiger partial charge in [0.25, 0.3) is 11.4 Å². The van der Waals surface area contributed by atoms with Crippen LogP contribution in [0.15, 0.2) is 236 Å². The van der Waals surface area contributed by atoms with Gasteiger partial charge in [0.2, 0.25) is 11.4 Å². The Kier molecular flexibility index (Phi) is 8.35. The van der Waals surface area contributed by atoms with Gasteiger partial charge in [0.1, 0.15) is 17.3 Å². The van der Waals surface area contributed by atoms with Crippen LogP contribution in [0, 0.1) is 13.8 Å². The lowest BCUT2D eigenvalue weighted by atomic mass is 9.95. The Bertz CT molecular complexity index is 4570.